The summed E-state index contributed by atoms with van der Waals surface area (Å²) in [6, 6.07) is 6.59. The van der Waals surface area contributed by atoms with Crippen LogP contribution < -0.4 is 10.4 Å². The summed E-state index contributed by atoms with van der Waals surface area (Å²) < 4.78 is 0. The fourth-order valence-electron chi connectivity index (χ4n) is 1.40. The van der Waals surface area contributed by atoms with Crippen LogP contribution in [-0.4, -0.2) is 22.3 Å². The highest BCUT2D eigenvalue weighted by Gasteiger charge is 2.26. The van der Waals surface area contributed by atoms with E-state index >= 15 is 0 Å². The molecule has 0 bridgehead atoms. The van der Waals surface area contributed by atoms with Crippen molar-refractivity contribution in [2.75, 3.05) is 5.32 Å². The molecule has 0 spiro atoms. The number of anilines is 1. The molecule has 0 fully saturated rings. The standard InChI is InChI=1S/C11H9ClN2O3S/c12-6-1-3-7(4-2-6)13-9(15)5-8-10(16)14-11(17)18-8/h1-4,8H,5H2,(H,13,15)(H,14,16,17)/p-1. The van der Waals surface area contributed by atoms with Gasteiger partial charge >= 0.3 is 0 Å². The molecule has 1 aromatic rings. The molecular formula is C11H8ClN2O3S-. The Morgan fingerprint density at radius 3 is 2.67 bits per heavy atom. The fraction of sp³-hybridized carbons (Fsp3) is 0.182. The number of carbonyl (C=O) groups is 2. The molecule has 1 heterocycles. The second kappa shape index (κ2) is 5.41. The van der Waals surface area contributed by atoms with Gasteiger partial charge in [-0.3, -0.25) is 9.59 Å². The molecule has 94 valence electrons. The van der Waals surface area contributed by atoms with Gasteiger partial charge in [-0.05, 0) is 24.3 Å². The smallest absolute Gasteiger partial charge is 0.259 e. The first-order valence-electron chi connectivity index (χ1n) is 5.06. The lowest BCUT2D eigenvalue weighted by Crippen LogP contribution is -2.21. The number of aliphatic imine (C=N–C) groups is 1. The molecule has 1 atom stereocenters. The number of rotatable bonds is 3. The molecule has 0 aromatic heterocycles. The number of carbonyl (C=O) groups excluding carboxylic acids is 2. The average molecular weight is 284 g/mol. The van der Waals surface area contributed by atoms with Crippen LogP contribution in [0, 0.1) is 0 Å². The lowest BCUT2D eigenvalue weighted by molar-refractivity contribution is -0.205. The first kappa shape index (κ1) is 12.9. The van der Waals surface area contributed by atoms with Gasteiger partial charge in [0.05, 0.1) is 5.25 Å². The van der Waals surface area contributed by atoms with Crippen molar-refractivity contribution in [2.24, 2.45) is 4.99 Å². The summed E-state index contributed by atoms with van der Waals surface area (Å²) in [6.07, 6.45) is -0.0681. The zero-order chi connectivity index (χ0) is 13.1. The van der Waals surface area contributed by atoms with Crippen LogP contribution in [0.3, 0.4) is 0 Å². The molecule has 1 N–H and O–H groups in total. The normalized spacial score (nSPS) is 18.6. The Hall–Kier alpha value is -1.53. The van der Waals surface area contributed by atoms with Gasteiger partial charge in [-0.1, -0.05) is 11.6 Å². The molecule has 2 amide bonds. The molecular weight excluding hydrogens is 276 g/mol. The maximum absolute atomic E-state index is 11.6. The molecule has 0 saturated carbocycles. The van der Waals surface area contributed by atoms with Crippen LogP contribution >= 0.6 is 23.4 Å². The quantitative estimate of drug-likeness (QED) is 0.898. The van der Waals surface area contributed by atoms with Crippen molar-refractivity contribution in [1.82, 2.24) is 0 Å². The minimum Gasteiger partial charge on any atom is -0.854 e. The summed E-state index contributed by atoms with van der Waals surface area (Å²) in [6.45, 7) is 0. The molecule has 0 aliphatic carbocycles. The van der Waals surface area contributed by atoms with E-state index in [0.717, 1.165) is 11.8 Å². The van der Waals surface area contributed by atoms with Crippen LogP contribution in [0.15, 0.2) is 29.3 Å². The number of thioether (sulfide) groups is 1. The van der Waals surface area contributed by atoms with Crippen LogP contribution in [0.2, 0.25) is 5.02 Å². The Balaban J connectivity index is 1.90. The highest BCUT2D eigenvalue weighted by atomic mass is 35.5. The minimum atomic E-state index is -0.704. The van der Waals surface area contributed by atoms with E-state index in [-0.39, 0.29) is 12.3 Å². The Morgan fingerprint density at radius 2 is 2.11 bits per heavy atom. The van der Waals surface area contributed by atoms with Gasteiger partial charge < -0.3 is 10.4 Å². The molecule has 2 rings (SSSR count). The molecule has 18 heavy (non-hydrogen) atoms. The molecule has 5 nitrogen and oxygen atoms in total. The van der Waals surface area contributed by atoms with Crippen molar-refractivity contribution in [1.29, 1.82) is 0 Å². The fourth-order valence-corrected chi connectivity index (χ4v) is 2.30. The van der Waals surface area contributed by atoms with Crippen molar-refractivity contribution in [3.63, 3.8) is 0 Å². The molecule has 0 radical (unpaired) electrons. The van der Waals surface area contributed by atoms with Crippen molar-refractivity contribution in [3.05, 3.63) is 29.3 Å². The van der Waals surface area contributed by atoms with E-state index in [1.165, 1.54) is 0 Å². The Morgan fingerprint density at radius 1 is 1.44 bits per heavy atom. The lowest BCUT2D eigenvalue weighted by atomic mass is 10.2. The SMILES string of the molecule is O=C(CC1SC([O-])=NC1=O)Nc1ccc(Cl)cc1. The third kappa shape index (κ3) is 3.24. The van der Waals surface area contributed by atoms with Crippen LogP contribution in [-0.2, 0) is 9.59 Å². The van der Waals surface area contributed by atoms with E-state index < -0.39 is 16.4 Å². The summed E-state index contributed by atoms with van der Waals surface area (Å²) in [5.41, 5.74) is 0.586. The first-order valence-corrected chi connectivity index (χ1v) is 6.32. The summed E-state index contributed by atoms with van der Waals surface area (Å²) in [4.78, 5) is 26.1. The summed E-state index contributed by atoms with van der Waals surface area (Å²) in [5.74, 6) is -0.885. The lowest BCUT2D eigenvalue weighted by Gasteiger charge is -2.09. The van der Waals surface area contributed by atoms with Gasteiger partial charge in [0.1, 0.15) is 0 Å². The van der Waals surface area contributed by atoms with E-state index in [1.54, 1.807) is 24.3 Å². The molecule has 1 aliphatic heterocycles. The van der Waals surface area contributed by atoms with E-state index in [2.05, 4.69) is 10.3 Å². The highest BCUT2D eigenvalue weighted by molar-refractivity contribution is 8.14. The number of nitrogens with zero attached hydrogens (tertiary/aromatic N) is 1. The van der Waals surface area contributed by atoms with Gasteiger partial charge in [-0.15, -0.1) is 11.8 Å². The van der Waals surface area contributed by atoms with E-state index in [0.29, 0.717) is 10.7 Å². The third-order valence-electron chi connectivity index (χ3n) is 2.22. The summed E-state index contributed by atoms with van der Waals surface area (Å²) in [7, 11) is 0. The Labute approximate surface area is 112 Å². The van der Waals surface area contributed by atoms with Crippen molar-refractivity contribution in [2.45, 2.75) is 11.7 Å². The number of halogens is 1. The predicted molar refractivity (Wildman–Crippen MR) is 68.5 cm³/mol. The summed E-state index contributed by atoms with van der Waals surface area (Å²) >= 11 is 6.49. The van der Waals surface area contributed by atoms with Gasteiger partial charge in [-0.25, -0.2) is 4.99 Å². The number of hydrogen-bond donors (Lipinski definition) is 1. The van der Waals surface area contributed by atoms with Crippen molar-refractivity contribution < 1.29 is 14.7 Å². The topological polar surface area (TPSA) is 81.6 Å². The third-order valence-corrected chi connectivity index (χ3v) is 3.42. The zero-order valence-corrected chi connectivity index (χ0v) is 10.6. The Kier molecular flexibility index (Phi) is 3.88. The molecule has 7 heteroatoms. The highest BCUT2D eigenvalue weighted by Crippen LogP contribution is 2.23. The van der Waals surface area contributed by atoms with E-state index in [1.807, 2.05) is 0 Å². The van der Waals surface area contributed by atoms with Crippen LogP contribution in [0.5, 0.6) is 0 Å². The van der Waals surface area contributed by atoms with E-state index in [4.69, 9.17) is 11.6 Å². The average Bonchev–Trinajstić information content (AvgIpc) is 2.61. The van der Waals surface area contributed by atoms with Gasteiger partial charge in [0, 0.05) is 22.4 Å². The second-order valence-electron chi connectivity index (χ2n) is 3.58. The zero-order valence-electron chi connectivity index (χ0n) is 9.05. The van der Waals surface area contributed by atoms with Crippen LogP contribution in [0.4, 0.5) is 5.69 Å². The minimum absolute atomic E-state index is 0.0681. The monoisotopic (exact) mass is 283 g/mol. The van der Waals surface area contributed by atoms with Gasteiger partial charge in [-0.2, -0.15) is 0 Å². The number of amides is 2. The maximum Gasteiger partial charge on any atom is 0.259 e. The summed E-state index contributed by atoms with van der Waals surface area (Å²) in [5, 5.41) is 12.8. The van der Waals surface area contributed by atoms with E-state index in [9.17, 15) is 14.7 Å². The molecule has 1 unspecified atom stereocenters. The Bertz CT molecular complexity index is 516. The van der Waals surface area contributed by atoms with Crippen molar-refractivity contribution in [3.8, 4) is 0 Å². The predicted octanol–water partition coefficient (Wildman–Crippen LogP) is 1.03. The van der Waals surface area contributed by atoms with Gasteiger partial charge in [0.2, 0.25) is 5.91 Å². The largest absolute Gasteiger partial charge is 0.854 e. The van der Waals surface area contributed by atoms with Crippen molar-refractivity contribution >= 4 is 46.1 Å². The second-order valence-corrected chi connectivity index (χ2v) is 5.17. The molecule has 1 aliphatic rings. The number of nitrogens with one attached hydrogen (secondary N) is 1. The van der Waals surface area contributed by atoms with Gasteiger partial charge in [0.25, 0.3) is 5.91 Å². The first-order chi connectivity index (χ1) is 8.54. The number of benzene rings is 1. The van der Waals surface area contributed by atoms with Crippen LogP contribution in [0.25, 0.3) is 0 Å². The van der Waals surface area contributed by atoms with Gasteiger partial charge in [0.15, 0.2) is 0 Å². The van der Waals surface area contributed by atoms with Crippen LogP contribution in [0.1, 0.15) is 6.42 Å². The maximum atomic E-state index is 11.6. The molecule has 1 aromatic carbocycles. The molecule has 0 saturated heterocycles. The number of hydrogen-bond acceptors (Lipinski definition) is 4.